The molecule has 280 valence electrons. The molecule has 0 fully saturated rings. The molecule has 56 heavy (non-hydrogen) atoms. The average Bonchev–Trinajstić information content (AvgIpc) is 3.26. The molecule has 0 bridgehead atoms. The summed E-state index contributed by atoms with van der Waals surface area (Å²) in [6.45, 7) is 18.7. The Morgan fingerprint density at radius 3 is 1.68 bits per heavy atom. The number of hydrogen-bond acceptors (Lipinski definition) is 2. The number of benzene rings is 6. The Hall–Kier alpha value is -5.60. The van der Waals surface area contributed by atoms with Crippen LogP contribution in [-0.4, -0.2) is 0 Å². The topological polar surface area (TPSA) is 6.48 Å². The summed E-state index contributed by atoms with van der Waals surface area (Å²) in [5.74, 6) is 0.265. The molecule has 6 aromatic rings. The monoisotopic (exact) mass is 730 g/mol. The molecule has 2 heteroatoms. The molecule has 3 aliphatic carbocycles. The minimum absolute atomic E-state index is 0.173. The first kappa shape index (κ1) is 36.1. The summed E-state index contributed by atoms with van der Waals surface area (Å²) in [4.78, 5) is 5.02. The summed E-state index contributed by atoms with van der Waals surface area (Å²) < 4.78 is 0. The van der Waals surface area contributed by atoms with Crippen LogP contribution in [0.3, 0.4) is 0 Å². The van der Waals surface area contributed by atoms with Gasteiger partial charge in [0.1, 0.15) is 0 Å². The van der Waals surface area contributed by atoms with Gasteiger partial charge in [0.15, 0.2) is 0 Å². The third kappa shape index (κ3) is 6.02. The Morgan fingerprint density at radius 1 is 0.500 bits per heavy atom. The van der Waals surface area contributed by atoms with Crippen molar-refractivity contribution in [2.24, 2.45) is 0 Å². The molecule has 0 amide bonds. The van der Waals surface area contributed by atoms with Crippen LogP contribution in [0, 0.1) is 27.7 Å². The van der Waals surface area contributed by atoms with Crippen LogP contribution >= 0.6 is 0 Å². The number of rotatable bonds is 6. The number of fused-ring (bicyclic) bond motifs is 3. The van der Waals surface area contributed by atoms with E-state index in [4.69, 9.17) is 0 Å². The van der Waals surface area contributed by atoms with E-state index in [0.717, 1.165) is 19.3 Å². The van der Waals surface area contributed by atoms with Gasteiger partial charge in [-0.3, -0.25) is 0 Å². The van der Waals surface area contributed by atoms with E-state index in [2.05, 4.69) is 205 Å². The van der Waals surface area contributed by atoms with Crippen molar-refractivity contribution in [1.82, 2.24) is 0 Å². The van der Waals surface area contributed by atoms with E-state index in [9.17, 15) is 0 Å². The summed E-state index contributed by atoms with van der Waals surface area (Å²) in [6, 6.07) is 46.6. The van der Waals surface area contributed by atoms with Crippen molar-refractivity contribution in [2.75, 3.05) is 9.80 Å². The maximum Gasteiger partial charge on any atom is 0.0466 e. The van der Waals surface area contributed by atoms with E-state index in [-0.39, 0.29) is 16.7 Å². The predicted octanol–water partition coefficient (Wildman–Crippen LogP) is 14.4. The first-order valence-corrected chi connectivity index (χ1v) is 20.5. The Labute approximate surface area is 334 Å². The lowest BCUT2D eigenvalue weighted by molar-refractivity contribution is 0.569. The molecule has 0 aliphatic heterocycles. The number of hydrogen-bond donors (Lipinski definition) is 0. The van der Waals surface area contributed by atoms with Crippen molar-refractivity contribution < 1.29 is 0 Å². The molecule has 0 saturated carbocycles. The second-order valence-corrected chi connectivity index (χ2v) is 17.7. The van der Waals surface area contributed by atoms with Crippen molar-refractivity contribution in [2.45, 2.75) is 91.4 Å². The third-order valence-corrected chi connectivity index (χ3v) is 12.8. The zero-order valence-electron chi connectivity index (χ0n) is 34.4. The lowest BCUT2D eigenvalue weighted by atomic mass is 9.62. The lowest BCUT2D eigenvalue weighted by Gasteiger charge is -2.43. The van der Waals surface area contributed by atoms with Gasteiger partial charge < -0.3 is 9.80 Å². The van der Waals surface area contributed by atoms with Gasteiger partial charge in [0.25, 0.3) is 0 Å². The number of para-hydroxylation sites is 1. The second kappa shape index (κ2) is 13.6. The van der Waals surface area contributed by atoms with E-state index in [1.54, 1.807) is 0 Å². The fourth-order valence-corrected chi connectivity index (χ4v) is 10.3. The Kier molecular flexibility index (Phi) is 8.73. The molecule has 6 aromatic carbocycles. The van der Waals surface area contributed by atoms with Gasteiger partial charge >= 0.3 is 0 Å². The third-order valence-electron chi connectivity index (χ3n) is 12.8. The van der Waals surface area contributed by atoms with Gasteiger partial charge in [-0.2, -0.15) is 0 Å². The van der Waals surface area contributed by atoms with Crippen molar-refractivity contribution in [3.05, 3.63) is 206 Å². The van der Waals surface area contributed by atoms with Crippen molar-refractivity contribution in [1.29, 1.82) is 0 Å². The smallest absolute Gasteiger partial charge is 0.0466 e. The molecule has 0 N–H and O–H groups in total. The molecule has 0 spiro atoms. The standard InChI is InChI=1S/C54H54N2/c1-35-25-36(2)28-43(27-35)55(40-17-11-9-12-18-40)42-24-23-39-31-47-46-21-15-16-22-48(46)53(5,6)50-33-45(34-51(52(47)50)54(7,8)49(39)32-42)56(41-19-13-10-14-20-41)44-29-37(3)26-38(4)30-44/h9-13,15-19,21-30,32-34,47H,14,20,31H2,1-8H3. The minimum atomic E-state index is -0.289. The van der Waals surface area contributed by atoms with E-state index < -0.39 is 0 Å². The van der Waals surface area contributed by atoms with Crippen LogP contribution < -0.4 is 9.80 Å². The van der Waals surface area contributed by atoms with Crippen LogP contribution in [0.5, 0.6) is 0 Å². The number of anilines is 5. The number of aryl methyl sites for hydroxylation is 4. The Balaban J connectivity index is 1.32. The predicted molar refractivity (Wildman–Crippen MR) is 238 cm³/mol. The molecule has 3 aliphatic rings. The average molecular weight is 731 g/mol. The molecule has 0 radical (unpaired) electrons. The summed E-state index contributed by atoms with van der Waals surface area (Å²) >= 11 is 0. The molecule has 1 atom stereocenters. The van der Waals surface area contributed by atoms with Crippen LogP contribution in [0.1, 0.15) is 108 Å². The van der Waals surface area contributed by atoms with Crippen molar-refractivity contribution >= 4 is 28.4 Å². The van der Waals surface area contributed by atoms with Crippen molar-refractivity contribution in [3.63, 3.8) is 0 Å². The van der Waals surface area contributed by atoms with Gasteiger partial charge in [-0.15, -0.1) is 0 Å². The molecule has 2 nitrogen and oxygen atoms in total. The van der Waals surface area contributed by atoms with E-state index >= 15 is 0 Å². The van der Waals surface area contributed by atoms with Gasteiger partial charge in [0, 0.05) is 50.9 Å². The van der Waals surface area contributed by atoms with Crippen LogP contribution in [-0.2, 0) is 17.3 Å². The first-order chi connectivity index (χ1) is 26.9. The fourth-order valence-electron chi connectivity index (χ4n) is 10.3. The zero-order chi connectivity index (χ0) is 38.9. The van der Waals surface area contributed by atoms with Gasteiger partial charge in [-0.05, 0) is 175 Å². The molecular formula is C54H54N2. The summed E-state index contributed by atoms with van der Waals surface area (Å²) in [5, 5.41) is 0. The quantitative estimate of drug-likeness (QED) is 0.168. The normalized spacial score (nSPS) is 17.2. The van der Waals surface area contributed by atoms with E-state index in [0.29, 0.717) is 0 Å². The van der Waals surface area contributed by atoms with E-state index in [1.807, 2.05) is 0 Å². The highest BCUT2D eigenvalue weighted by molar-refractivity contribution is 5.80. The zero-order valence-corrected chi connectivity index (χ0v) is 34.4. The largest absolute Gasteiger partial charge is 0.314 e. The highest BCUT2D eigenvalue weighted by Crippen LogP contribution is 2.56. The molecule has 0 aromatic heterocycles. The highest BCUT2D eigenvalue weighted by Gasteiger charge is 2.45. The molecular weight excluding hydrogens is 677 g/mol. The van der Waals surface area contributed by atoms with Gasteiger partial charge in [0.05, 0.1) is 0 Å². The maximum atomic E-state index is 2.58. The lowest BCUT2D eigenvalue weighted by Crippen LogP contribution is -2.33. The van der Waals surface area contributed by atoms with Gasteiger partial charge in [-0.25, -0.2) is 0 Å². The fraction of sp³-hybridized carbons (Fsp3) is 0.259. The van der Waals surface area contributed by atoms with Crippen LogP contribution in [0.15, 0.2) is 145 Å². The summed E-state index contributed by atoms with van der Waals surface area (Å²) in [7, 11) is 0. The van der Waals surface area contributed by atoms with Crippen LogP contribution in [0.25, 0.3) is 0 Å². The number of nitrogens with zero attached hydrogens (tertiary/aromatic N) is 2. The van der Waals surface area contributed by atoms with Crippen molar-refractivity contribution in [3.8, 4) is 0 Å². The van der Waals surface area contributed by atoms with Gasteiger partial charge in [0.2, 0.25) is 0 Å². The van der Waals surface area contributed by atoms with E-state index in [1.165, 1.54) is 95.3 Å². The van der Waals surface area contributed by atoms with Crippen LogP contribution in [0.2, 0.25) is 0 Å². The SMILES string of the molecule is Cc1cc(C)cc(N(C2=CC=CCC2)c2cc3c4c(c2)C(C)(C)c2ccccc2C4Cc2ccc(N(c4ccccc4)c4cc(C)cc(C)c4)cc2C3(C)C)c1. The summed E-state index contributed by atoms with van der Waals surface area (Å²) in [5.41, 5.74) is 22.2. The molecule has 1 unspecified atom stereocenters. The summed E-state index contributed by atoms with van der Waals surface area (Å²) in [6.07, 6.45) is 9.90. The first-order valence-electron chi connectivity index (χ1n) is 20.5. The molecule has 0 saturated heterocycles. The molecule has 9 rings (SSSR count). The molecule has 0 heterocycles. The van der Waals surface area contributed by atoms with Gasteiger partial charge in [-0.1, -0.05) is 101 Å². The maximum absolute atomic E-state index is 2.58. The highest BCUT2D eigenvalue weighted by atomic mass is 15.2. The second-order valence-electron chi connectivity index (χ2n) is 17.7. The Bertz CT molecular complexity index is 2520. The minimum Gasteiger partial charge on any atom is -0.314 e. The number of allylic oxidation sites excluding steroid dienone is 4. The Morgan fingerprint density at radius 2 is 1.05 bits per heavy atom. The van der Waals surface area contributed by atoms with Crippen LogP contribution in [0.4, 0.5) is 28.4 Å².